The molecule has 1 aliphatic rings. The van der Waals surface area contributed by atoms with Crippen molar-refractivity contribution < 1.29 is 10.0 Å². The van der Waals surface area contributed by atoms with E-state index in [1.54, 1.807) is 12.1 Å². The first kappa shape index (κ1) is 9.11. The third-order valence-corrected chi connectivity index (χ3v) is 2.45. The van der Waals surface area contributed by atoms with Crippen LogP contribution in [0.3, 0.4) is 0 Å². The zero-order chi connectivity index (χ0) is 10.2. The molecule has 1 aromatic carbocycles. The quantitative estimate of drug-likeness (QED) is 0.527. The predicted octanol–water partition coefficient (Wildman–Crippen LogP) is 0.386. The molecule has 14 heavy (non-hydrogen) atoms. The second kappa shape index (κ2) is 3.04. The standard InChI is InChI=1S/C9H10N2O3/c12-9(5-10-6-9)7-1-3-8(4-2-7)11(13)14/h1-4,10,12H,5-6H2. The molecule has 0 bridgehead atoms. The summed E-state index contributed by atoms with van der Waals surface area (Å²) in [5.74, 6) is 0. The molecule has 1 aliphatic heterocycles. The van der Waals surface area contributed by atoms with Crippen LogP contribution in [0.15, 0.2) is 24.3 Å². The highest BCUT2D eigenvalue weighted by Gasteiger charge is 2.36. The molecule has 2 rings (SSSR count). The molecule has 0 amide bonds. The van der Waals surface area contributed by atoms with Crippen LogP contribution in [0.2, 0.25) is 0 Å². The highest BCUT2D eigenvalue weighted by atomic mass is 16.6. The largest absolute Gasteiger partial charge is 0.382 e. The van der Waals surface area contributed by atoms with Crippen LogP contribution < -0.4 is 5.32 Å². The van der Waals surface area contributed by atoms with Crippen molar-refractivity contribution in [2.45, 2.75) is 5.60 Å². The van der Waals surface area contributed by atoms with E-state index < -0.39 is 10.5 Å². The highest BCUT2D eigenvalue weighted by molar-refractivity contribution is 5.36. The lowest BCUT2D eigenvalue weighted by Gasteiger charge is -2.37. The van der Waals surface area contributed by atoms with Crippen molar-refractivity contribution in [3.05, 3.63) is 39.9 Å². The maximum atomic E-state index is 10.4. The van der Waals surface area contributed by atoms with Gasteiger partial charge in [-0.05, 0) is 17.7 Å². The summed E-state index contributed by atoms with van der Waals surface area (Å²) in [6.45, 7) is 1.01. The van der Waals surface area contributed by atoms with E-state index in [-0.39, 0.29) is 5.69 Å². The van der Waals surface area contributed by atoms with E-state index in [9.17, 15) is 15.2 Å². The molecule has 0 atom stereocenters. The Morgan fingerprint density at radius 3 is 2.29 bits per heavy atom. The van der Waals surface area contributed by atoms with Gasteiger partial charge in [0.25, 0.3) is 5.69 Å². The molecular formula is C9H10N2O3. The van der Waals surface area contributed by atoms with Gasteiger partial charge in [0.05, 0.1) is 4.92 Å². The van der Waals surface area contributed by atoms with Gasteiger partial charge in [-0.3, -0.25) is 10.1 Å². The Labute approximate surface area is 80.5 Å². The second-order valence-corrected chi connectivity index (χ2v) is 3.44. The molecule has 1 aromatic rings. The van der Waals surface area contributed by atoms with Crippen LogP contribution in [0.4, 0.5) is 5.69 Å². The maximum Gasteiger partial charge on any atom is 0.269 e. The topological polar surface area (TPSA) is 75.4 Å². The lowest BCUT2D eigenvalue weighted by molar-refractivity contribution is -0.384. The highest BCUT2D eigenvalue weighted by Crippen LogP contribution is 2.26. The molecule has 0 unspecified atom stereocenters. The molecule has 0 aromatic heterocycles. The Morgan fingerprint density at radius 2 is 1.93 bits per heavy atom. The minimum atomic E-state index is -0.838. The van der Waals surface area contributed by atoms with Gasteiger partial charge < -0.3 is 10.4 Å². The van der Waals surface area contributed by atoms with Crippen LogP contribution in [0.5, 0.6) is 0 Å². The van der Waals surface area contributed by atoms with E-state index in [1.165, 1.54) is 12.1 Å². The van der Waals surface area contributed by atoms with Gasteiger partial charge in [-0.25, -0.2) is 0 Å². The molecule has 5 heteroatoms. The average Bonchev–Trinajstić information content (AvgIpc) is 2.14. The van der Waals surface area contributed by atoms with E-state index in [1.807, 2.05) is 0 Å². The first-order valence-electron chi connectivity index (χ1n) is 4.30. The SMILES string of the molecule is O=[N+]([O-])c1ccc(C2(O)CNC2)cc1. The summed E-state index contributed by atoms with van der Waals surface area (Å²) < 4.78 is 0. The van der Waals surface area contributed by atoms with Gasteiger partial charge in [-0.1, -0.05) is 0 Å². The fraction of sp³-hybridized carbons (Fsp3) is 0.333. The van der Waals surface area contributed by atoms with E-state index >= 15 is 0 Å². The van der Waals surface area contributed by atoms with Crippen molar-refractivity contribution in [1.29, 1.82) is 0 Å². The third kappa shape index (κ3) is 1.36. The van der Waals surface area contributed by atoms with Crippen LogP contribution >= 0.6 is 0 Å². The summed E-state index contributed by atoms with van der Waals surface area (Å²) in [7, 11) is 0. The van der Waals surface area contributed by atoms with Gasteiger partial charge in [0.1, 0.15) is 5.60 Å². The number of aliphatic hydroxyl groups is 1. The van der Waals surface area contributed by atoms with E-state index in [0.29, 0.717) is 13.1 Å². The van der Waals surface area contributed by atoms with Gasteiger partial charge >= 0.3 is 0 Å². The van der Waals surface area contributed by atoms with Gasteiger partial charge in [-0.2, -0.15) is 0 Å². The minimum Gasteiger partial charge on any atom is -0.382 e. The fourth-order valence-corrected chi connectivity index (χ4v) is 1.46. The number of nitro benzene ring substituents is 1. The van der Waals surface area contributed by atoms with Gasteiger partial charge in [0.15, 0.2) is 0 Å². The first-order chi connectivity index (χ1) is 6.62. The second-order valence-electron chi connectivity index (χ2n) is 3.44. The van der Waals surface area contributed by atoms with Crippen LogP contribution in [-0.4, -0.2) is 23.1 Å². The number of hydrogen-bond donors (Lipinski definition) is 2. The Kier molecular flexibility index (Phi) is 1.98. The van der Waals surface area contributed by atoms with Crippen molar-refractivity contribution in [3.63, 3.8) is 0 Å². The molecule has 0 spiro atoms. The predicted molar refractivity (Wildman–Crippen MR) is 49.9 cm³/mol. The number of rotatable bonds is 2. The molecule has 1 fully saturated rings. The summed E-state index contributed by atoms with van der Waals surface area (Å²) >= 11 is 0. The minimum absolute atomic E-state index is 0.0460. The summed E-state index contributed by atoms with van der Waals surface area (Å²) in [6.07, 6.45) is 0. The van der Waals surface area contributed by atoms with E-state index in [0.717, 1.165) is 5.56 Å². The lowest BCUT2D eigenvalue weighted by atomic mass is 9.88. The Balaban J connectivity index is 2.25. The van der Waals surface area contributed by atoms with Gasteiger partial charge in [-0.15, -0.1) is 0 Å². The van der Waals surface area contributed by atoms with Crippen LogP contribution in [0.1, 0.15) is 5.56 Å². The number of hydrogen-bond acceptors (Lipinski definition) is 4. The van der Waals surface area contributed by atoms with Crippen molar-refractivity contribution in [1.82, 2.24) is 5.32 Å². The molecule has 74 valence electrons. The molecule has 2 N–H and O–H groups in total. The number of nitrogens with zero attached hydrogens (tertiary/aromatic N) is 1. The van der Waals surface area contributed by atoms with E-state index in [2.05, 4.69) is 5.32 Å². The zero-order valence-electron chi connectivity index (χ0n) is 7.43. The number of non-ortho nitro benzene ring substituents is 1. The summed E-state index contributed by atoms with van der Waals surface area (Å²) in [4.78, 5) is 9.92. The molecule has 0 saturated carbocycles. The van der Waals surface area contributed by atoms with Crippen molar-refractivity contribution in [2.24, 2.45) is 0 Å². The zero-order valence-corrected chi connectivity index (χ0v) is 7.43. The monoisotopic (exact) mass is 194 g/mol. The third-order valence-electron chi connectivity index (χ3n) is 2.45. The van der Waals surface area contributed by atoms with Crippen LogP contribution in [-0.2, 0) is 5.60 Å². The van der Waals surface area contributed by atoms with Gasteiger partial charge in [0.2, 0.25) is 0 Å². The molecule has 5 nitrogen and oxygen atoms in total. The number of nitro groups is 1. The van der Waals surface area contributed by atoms with Crippen LogP contribution in [0, 0.1) is 10.1 Å². The molecule has 0 aliphatic carbocycles. The normalized spacial score (nSPS) is 18.6. The van der Waals surface area contributed by atoms with Crippen LogP contribution in [0.25, 0.3) is 0 Å². The van der Waals surface area contributed by atoms with Gasteiger partial charge in [0, 0.05) is 25.2 Å². The smallest absolute Gasteiger partial charge is 0.269 e. The average molecular weight is 194 g/mol. The number of benzene rings is 1. The summed E-state index contributed by atoms with van der Waals surface area (Å²) in [6, 6.07) is 6.01. The summed E-state index contributed by atoms with van der Waals surface area (Å²) in [5, 5.41) is 23.2. The lowest BCUT2D eigenvalue weighted by Crippen LogP contribution is -2.56. The van der Waals surface area contributed by atoms with Crippen molar-refractivity contribution in [2.75, 3.05) is 13.1 Å². The molecule has 0 radical (unpaired) electrons. The maximum absolute atomic E-state index is 10.4. The Morgan fingerprint density at radius 1 is 1.36 bits per heavy atom. The van der Waals surface area contributed by atoms with E-state index in [4.69, 9.17) is 0 Å². The number of β-amino-alcohol motifs (C(OH)–C–C–N with tert-alkyl or cyclic N) is 1. The number of nitrogens with one attached hydrogen (secondary N) is 1. The Bertz CT molecular complexity index is 357. The first-order valence-corrected chi connectivity index (χ1v) is 4.30. The van der Waals surface area contributed by atoms with Crippen molar-refractivity contribution in [3.8, 4) is 0 Å². The molecule has 1 saturated heterocycles. The van der Waals surface area contributed by atoms with Crippen molar-refractivity contribution >= 4 is 5.69 Å². The molecule has 1 heterocycles. The molecular weight excluding hydrogens is 184 g/mol. The Hall–Kier alpha value is -1.46. The fourth-order valence-electron chi connectivity index (χ4n) is 1.46. The summed E-state index contributed by atoms with van der Waals surface area (Å²) in [5.41, 5.74) is -0.0683.